The second-order valence-corrected chi connectivity index (χ2v) is 9.94. The summed E-state index contributed by atoms with van der Waals surface area (Å²) in [5.41, 5.74) is 1.52. The maximum absolute atomic E-state index is 12.5. The third-order valence-electron chi connectivity index (χ3n) is 5.16. The molecule has 1 amide bonds. The number of hydrogen-bond acceptors (Lipinski definition) is 4. The number of aryl methyl sites for hydroxylation is 1. The fourth-order valence-corrected chi connectivity index (χ4v) is 3.75. The average molecular weight is 427 g/mol. The Morgan fingerprint density at radius 1 is 1.23 bits per heavy atom. The number of para-hydroxylation sites is 1. The van der Waals surface area contributed by atoms with E-state index in [1.165, 1.54) is 0 Å². The van der Waals surface area contributed by atoms with Gasteiger partial charge in [-0.05, 0) is 33.3 Å². The first-order valence-corrected chi connectivity index (χ1v) is 11.0. The number of amides is 1. The van der Waals surface area contributed by atoms with Gasteiger partial charge in [0.05, 0.1) is 10.9 Å². The lowest BCUT2D eigenvalue weighted by molar-refractivity contribution is -0.575. The zero-order chi connectivity index (χ0) is 22.8. The third-order valence-corrected chi connectivity index (χ3v) is 5.16. The highest BCUT2D eigenvalue weighted by molar-refractivity contribution is 6.00. The Hall–Kier alpha value is -2.83. The molecule has 1 N–H and O–H groups in total. The van der Waals surface area contributed by atoms with Crippen LogP contribution in [-0.2, 0) is 17.7 Å². The van der Waals surface area contributed by atoms with Gasteiger partial charge in [0.1, 0.15) is 11.4 Å². The predicted molar refractivity (Wildman–Crippen MR) is 123 cm³/mol. The van der Waals surface area contributed by atoms with E-state index < -0.39 is 11.7 Å². The minimum Gasteiger partial charge on any atom is -0.618 e. The summed E-state index contributed by atoms with van der Waals surface area (Å²) in [6.45, 7) is 13.0. The van der Waals surface area contributed by atoms with Gasteiger partial charge in [0.2, 0.25) is 11.7 Å². The lowest BCUT2D eigenvalue weighted by atomic mass is 9.93. The largest absolute Gasteiger partial charge is 0.618 e. The van der Waals surface area contributed by atoms with E-state index in [-0.39, 0.29) is 5.41 Å². The van der Waals surface area contributed by atoms with Crippen LogP contribution in [0.1, 0.15) is 60.2 Å². The number of ether oxygens (including phenoxy) is 1. The number of carbonyl (C=O) groups is 1. The van der Waals surface area contributed by atoms with Gasteiger partial charge in [0.15, 0.2) is 5.52 Å². The normalized spacial score (nSPS) is 12.5. The standard InChI is InChI=1S/C24H34N4O3/c1-7-8-13-20-26-18-14-28(30)19-12-10-9-11-17(19)21(18)27(20)16-24(5,6)15-25-22(29)31-23(2,3)4/h9-12,14H,7-8,13,15-16H2,1-6H3,(H,25,29). The first-order valence-electron chi connectivity index (χ1n) is 11.0. The molecule has 3 rings (SSSR count). The van der Waals surface area contributed by atoms with E-state index in [9.17, 15) is 10.0 Å². The van der Waals surface area contributed by atoms with Gasteiger partial charge in [-0.15, -0.1) is 0 Å². The topological polar surface area (TPSA) is 83.1 Å². The lowest BCUT2D eigenvalue weighted by Gasteiger charge is -2.28. The van der Waals surface area contributed by atoms with Crippen LogP contribution in [0.15, 0.2) is 30.5 Å². The number of hydrogen-bond donors (Lipinski definition) is 1. The van der Waals surface area contributed by atoms with Crippen molar-refractivity contribution in [3.63, 3.8) is 0 Å². The molecule has 7 heteroatoms. The van der Waals surface area contributed by atoms with Crippen molar-refractivity contribution in [2.24, 2.45) is 5.41 Å². The number of carbonyl (C=O) groups excluding carboxylic acids is 1. The second-order valence-electron chi connectivity index (χ2n) is 9.94. The SMILES string of the molecule is CCCCc1nc2c[n+]([O-])c3ccccc3c2n1CC(C)(C)CNC(=O)OC(C)(C)C. The molecule has 0 aliphatic rings. The average Bonchev–Trinajstić information content (AvgIpc) is 3.00. The van der Waals surface area contributed by atoms with Gasteiger partial charge in [0, 0.05) is 31.0 Å². The number of nitrogens with one attached hydrogen (secondary N) is 1. The van der Waals surface area contributed by atoms with Crippen LogP contribution in [0.25, 0.3) is 21.9 Å². The fourth-order valence-electron chi connectivity index (χ4n) is 3.75. The summed E-state index contributed by atoms with van der Waals surface area (Å²) in [7, 11) is 0. The Kier molecular flexibility index (Phi) is 6.43. The molecule has 7 nitrogen and oxygen atoms in total. The van der Waals surface area contributed by atoms with E-state index in [0.29, 0.717) is 24.1 Å². The van der Waals surface area contributed by atoms with Gasteiger partial charge in [0.25, 0.3) is 0 Å². The third kappa shape index (κ3) is 5.46. The Bertz CT molecular complexity index is 1080. The van der Waals surface area contributed by atoms with Crippen molar-refractivity contribution >= 4 is 28.0 Å². The summed E-state index contributed by atoms with van der Waals surface area (Å²) in [4.78, 5) is 17.0. The van der Waals surface area contributed by atoms with E-state index in [1.54, 1.807) is 6.20 Å². The molecule has 0 unspecified atom stereocenters. The molecule has 168 valence electrons. The van der Waals surface area contributed by atoms with Crippen LogP contribution >= 0.6 is 0 Å². The fraction of sp³-hybridized carbons (Fsp3) is 0.542. The Morgan fingerprint density at radius 2 is 1.94 bits per heavy atom. The maximum Gasteiger partial charge on any atom is 0.407 e. The number of pyridine rings is 1. The summed E-state index contributed by atoms with van der Waals surface area (Å²) < 4.78 is 8.50. The number of rotatable bonds is 7. The molecular weight excluding hydrogens is 392 g/mol. The number of benzene rings is 1. The van der Waals surface area contributed by atoms with Gasteiger partial charge in [-0.3, -0.25) is 0 Å². The van der Waals surface area contributed by atoms with Crippen molar-refractivity contribution in [2.75, 3.05) is 6.54 Å². The van der Waals surface area contributed by atoms with Crippen molar-refractivity contribution in [1.82, 2.24) is 14.9 Å². The lowest BCUT2D eigenvalue weighted by Crippen LogP contribution is -2.39. The summed E-state index contributed by atoms with van der Waals surface area (Å²) in [5.74, 6) is 0.971. The molecule has 1 aromatic carbocycles. The van der Waals surface area contributed by atoms with Crippen LogP contribution in [0, 0.1) is 10.6 Å². The van der Waals surface area contributed by atoms with Gasteiger partial charge < -0.3 is 19.8 Å². The highest BCUT2D eigenvalue weighted by atomic mass is 16.6. The molecule has 0 atom stereocenters. The molecule has 2 heterocycles. The Morgan fingerprint density at radius 3 is 2.61 bits per heavy atom. The summed E-state index contributed by atoms with van der Waals surface area (Å²) in [6.07, 6.45) is 4.08. The van der Waals surface area contributed by atoms with Crippen LogP contribution in [0.4, 0.5) is 4.79 Å². The van der Waals surface area contributed by atoms with E-state index in [1.807, 2.05) is 45.0 Å². The molecule has 0 saturated heterocycles. The molecule has 3 aromatic rings. The molecule has 0 fully saturated rings. The number of unbranched alkanes of at least 4 members (excludes halogenated alkanes) is 1. The molecular formula is C24H34N4O3. The summed E-state index contributed by atoms with van der Waals surface area (Å²) >= 11 is 0. The minimum absolute atomic E-state index is 0.254. The molecule has 31 heavy (non-hydrogen) atoms. The van der Waals surface area contributed by atoms with E-state index >= 15 is 0 Å². The van der Waals surface area contributed by atoms with Crippen LogP contribution in [0.2, 0.25) is 0 Å². The highest BCUT2D eigenvalue weighted by Gasteiger charge is 2.26. The molecule has 0 saturated carbocycles. The van der Waals surface area contributed by atoms with Crippen molar-refractivity contribution < 1.29 is 14.3 Å². The first-order chi connectivity index (χ1) is 14.5. The van der Waals surface area contributed by atoms with Crippen molar-refractivity contribution in [3.05, 3.63) is 41.5 Å². The van der Waals surface area contributed by atoms with Crippen LogP contribution in [-0.4, -0.2) is 27.8 Å². The van der Waals surface area contributed by atoms with Crippen LogP contribution in [0.3, 0.4) is 0 Å². The van der Waals surface area contributed by atoms with Crippen LogP contribution in [0.5, 0.6) is 0 Å². The zero-order valence-corrected chi connectivity index (χ0v) is 19.5. The Labute approximate surface area is 184 Å². The van der Waals surface area contributed by atoms with Gasteiger partial charge in [-0.2, -0.15) is 4.73 Å². The van der Waals surface area contributed by atoms with Gasteiger partial charge in [-0.25, -0.2) is 9.78 Å². The number of aromatic nitrogens is 3. The molecule has 0 aliphatic carbocycles. The zero-order valence-electron chi connectivity index (χ0n) is 19.5. The summed E-state index contributed by atoms with van der Waals surface area (Å²) in [5, 5.41) is 16.3. The number of imidazole rings is 1. The molecule has 2 aromatic heterocycles. The summed E-state index contributed by atoms with van der Waals surface area (Å²) in [6, 6.07) is 7.62. The quantitative estimate of drug-likeness (QED) is 0.438. The molecule has 0 aliphatic heterocycles. The van der Waals surface area contributed by atoms with Gasteiger partial charge >= 0.3 is 6.09 Å². The number of alkyl carbamates (subject to hydrolysis) is 1. The van der Waals surface area contributed by atoms with E-state index in [0.717, 1.165) is 40.7 Å². The van der Waals surface area contributed by atoms with Crippen molar-refractivity contribution in [2.45, 2.75) is 73.0 Å². The minimum atomic E-state index is -0.533. The van der Waals surface area contributed by atoms with Crippen molar-refractivity contribution in [1.29, 1.82) is 0 Å². The second kappa shape index (κ2) is 8.73. The molecule has 0 spiro atoms. The Balaban J connectivity index is 1.97. The monoisotopic (exact) mass is 426 g/mol. The number of nitrogens with zero attached hydrogens (tertiary/aromatic N) is 3. The predicted octanol–water partition coefficient (Wildman–Crippen LogP) is 4.72. The molecule has 0 bridgehead atoms. The van der Waals surface area contributed by atoms with Crippen molar-refractivity contribution in [3.8, 4) is 0 Å². The maximum atomic E-state index is 12.5. The van der Waals surface area contributed by atoms with Crippen LogP contribution < -0.4 is 10.0 Å². The first kappa shape index (κ1) is 22.8. The number of fused-ring (bicyclic) bond motifs is 3. The highest BCUT2D eigenvalue weighted by Crippen LogP contribution is 2.28. The molecule has 0 radical (unpaired) electrons. The smallest absolute Gasteiger partial charge is 0.407 e. The van der Waals surface area contributed by atoms with Gasteiger partial charge in [-0.1, -0.05) is 39.3 Å². The van der Waals surface area contributed by atoms with E-state index in [4.69, 9.17) is 9.72 Å². The van der Waals surface area contributed by atoms with E-state index in [2.05, 4.69) is 30.7 Å².